The van der Waals surface area contributed by atoms with Crippen LogP contribution in [0.25, 0.3) is 11.0 Å². The molecule has 0 saturated heterocycles. The Morgan fingerprint density at radius 3 is 1.81 bits per heavy atom. The molecule has 11 heteroatoms. The van der Waals surface area contributed by atoms with Gasteiger partial charge in [-0.25, -0.2) is 4.98 Å². The highest BCUT2D eigenvalue weighted by Crippen LogP contribution is 2.37. The van der Waals surface area contributed by atoms with E-state index < -0.39 is 23.5 Å². The smallest absolute Gasteiger partial charge is 0.310 e. The lowest BCUT2D eigenvalue weighted by molar-refractivity contribution is -0.143. The second-order valence-electron chi connectivity index (χ2n) is 5.64. The van der Waals surface area contributed by atoms with Crippen LogP contribution in [-0.2, 0) is 18.9 Å². The monoisotopic (exact) mass is 446 g/mol. The molecule has 3 aromatic rings. The highest BCUT2D eigenvalue weighted by molar-refractivity contribution is 6.42. The topological polar surface area (TPSA) is 17.8 Å². The van der Waals surface area contributed by atoms with Crippen molar-refractivity contribution in [2.45, 2.75) is 18.9 Å². The van der Waals surface area contributed by atoms with Gasteiger partial charge in [-0.2, -0.15) is 26.3 Å². The van der Waals surface area contributed by atoms with Crippen molar-refractivity contribution in [2.24, 2.45) is 0 Å². The summed E-state index contributed by atoms with van der Waals surface area (Å²) < 4.78 is 79.2. The van der Waals surface area contributed by atoms with Gasteiger partial charge >= 0.3 is 12.4 Å². The van der Waals surface area contributed by atoms with Gasteiger partial charge in [0.1, 0.15) is 0 Å². The summed E-state index contributed by atoms with van der Waals surface area (Å²) in [4.78, 5) is 3.99. The Hall–Kier alpha value is -1.64. The Labute approximate surface area is 163 Å². The summed E-state index contributed by atoms with van der Waals surface area (Å²) >= 11 is 17.8. The van der Waals surface area contributed by atoms with E-state index in [4.69, 9.17) is 34.8 Å². The van der Waals surface area contributed by atoms with Gasteiger partial charge in [-0.1, -0.05) is 23.2 Å². The summed E-state index contributed by atoms with van der Waals surface area (Å²) in [5.74, 6) is 0. The van der Waals surface area contributed by atoms with Gasteiger partial charge in [0.25, 0.3) is 0 Å². The van der Waals surface area contributed by atoms with Crippen molar-refractivity contribution in [1.29, 1.82) is 0 Å². The summed E-state index contributed by atoms with van der Waals surface area (Å²) in [6.45, 7) is -0.375. The predicted octanol–water partition coefficient (Wildman–Crippen LogP) is 7.08. The first-order valence-electron chi connectivity index (χ1n) is 7.15. The second-order valence-corrected chi connectivity index (χ2v) is 6.79. The van der Waals surface area contributed by atoms with E-state index in [1.54, 1.807) is 0 Å². The predicted molar refractivity (Wildman–Crippen MR) is 90.3 cm³/mol. The molecule has 0 N–H and O–H groups in total. The zero-order valence-corrected chi connectivity index (χ0v) is 15.2. The summed E-state index contributed by atoms with van der Waals surface area (Å²) in [5.41, 5.74) is -2.44. The van der Waals surface area contributed by atoms with E-state index in [2.05, 4.69) is 4.98 Å². The van der Waals surface area contributed by atoms with Crippen LogP contribution >= 0.6 is 34.8 Å². The molecule has 0 radical (unpaired) electrons. The Morgan fingerprint density at radius 2 is 1.30 bits per heavy atom. The maximum Gasteiger partial charge on any atom is 0.416 e. The molecule has 0 bridgehead atoms. The summed E-state index contributed by atoms with van der Waals surface area (Å²) in [7, 11) is 0. The molecule has 0 saturated carbocycles. The molecule has 0 aliphatic rings. The van der Waals surface area contributed by atoms with Crippen LogP contribution in [-0.4, -0.2) is 9.55 Å². The minimum absolute atomic E-state index is 0.0633. The summed E-state index contributed by atoms with van der Waals surface area (Å²) in [5, 5.41) is 0.195. The van der Waals surface area contributed by atoms with Gasteiger partial charge in [-0.15, -0.1) is 0 Å². The van der Waals surface area contributed by atoms with Gasteiger partial charge in [0, 0.05) is 0 Å². The normalized spacial score (nSPS) is 12.8. The van der Waals surface area contributed by atoms with Crippen LogP contribution in [0.3, 0.4) is 0 Å². The number of halogens is 9. The largest absolute Gasteiger partial charge is 0.416 e. The van der Waals surface area contributed by atoms with E-state index in [-0.39, 0.29) is 33.5 Å². The molecular formula is C16H7Cl3F6N2. The number of alkyl halides is 6. The summed E-state index contributed by atoms with van der Waals surface area (Å²) in [6.07, 6.45) is -9.87. The standard InChI is InChI=1S/C16H7Cl3F6N2/c17-10-4-12-13(5-11(10)18)27(14(19)26-12)6-7-1-8(15(20,21)22)3-9(2-7)16(23,24)25/h1-5H,6H2. The fraction of sp³-hybridized carbons (Fsp3) is 0.188. The van der Waals surface area contributed by atoms with Crippen molar-refractivity contribution in [3.05, 3.63) is 62.4 Å². The van der Waals surface area contributed by atoms with E-state index in [1.807, 2.05) is 0 Å². The van der Waals surface area contributed by atoms with E-state index in [1.165, 1.54) is 16.7 Å². The number of fused-ring (bicyclic) bond motifs is 1. The third kappa shape index (κ3) is 4.12. The van der Waals surface area contributed by atoms with Crippen molar-refractivity contribution in [2.75, 3.05) is 0 Å². The zero-order chi connectivity index (χ0) is 20.1. The van der Waals surface area contributed by atoms with Gasteiger partial charge in [-0.05, 0) is 47.5 Å². The van der Waals surface area contributed by atoms with Crippen molar-refractivity contribution in [1.82, 2.24) is 9.55 Å². The molecule has 0 aliphatic heterocycles. The average Bonchev–Trinajstić information content (AvgIpc) is 2.81. The molecule has 144 valence electrons. The first-order valence-corrected chi connectivity index (χ1v) is 8.29. The molecule has 1 aromatic heterocycles. The first-order chi connectivity index (χ1) is 12.4. The van der Waals surface area contributed by atoms with Gasteiger partial charge in [-0.3, -0.25) is 0 Å². The highest BCUT2D eigenvalue weighted by Gasteiger charge is 2.37. The van der Waals surface area contributed by atoms with Gasteiger partial charge < -0.3 is 4.57 Å². The molecule has 0 unspecified atom stereocenters. The zero-order valence-electron chi connectivity index (χ0n) is 12.9. The lowest BCUT2D eigenvalue weighted by Crippen LogP contribution is -2.13. The van der Waals surface area contributed by atoms with Crippen LogP contribution in [0.5, 0.6) is 0 Å². The SMILES string of the molecule is FC(F)(F)c1cc(Cn2c(Cl)nc3cc(Cl)c(Cl)cc32)cc(C(F)(F)F)c1. The molecule has 0 atom stereocenters. The quantitative estimate of drug-likeness (QED) is 0.384. The molecule has 3 rings (SSSR count). The molecule has 27 heavy (non-hydrogen) atoms. The van der Waals surface area contributed by atoms with Crippen molar-refractivity contribution >= 4 is 45.8 Å². The van der Waals surface area contributed by atoms with Crippen molar-refractivity contribution < 1.29 is 26.3 Å². The van der Waals surface area contributed by atoms with E-state index in [9.17, 15) is 26.3 Å². The highest BCUT2D eigenvalue weighted by atomic mass is 35.5. The van der Waals surface area contributed by atoms with E-state index in [0.717, 1.165) is 0 Å². The molecule has 0 aliphatic carbocycles. The van der Waals surface area contributed by atoms with Gasteiger partial charge in [0.05, 0.1) is 38.8 Å². The molecule has 0 amide bonds. The fourth-order valence-electron chi connectivity index (χ4n) is 2.53. The average molecular weight is 448 g/mol. The Morgan fingerprint density at radius 1 is 0.778 bits per heavy atom. The Kier molecular flexibility index (Phi) is 5.03. The van der Waals surface area contributed by atoms with Crippen molar-refractivity contribution in [3.63, 3.8) is 0 Å². The number of imidazole rings is 1. The number of hydrogen-bond donors (Lipinski definition) is 0. The molecular weight excluding hydrogens is 441 g/mol. The fourth-order valence-corrected chi connectivity index (χ4v) is 3.09. The minimum atomic E-state index is -4.94. The maximum absolute atomic E-state index is 13.0. The maximum atomic E-state index is 13.0. The van der Waals surface area contributed by atoms with Crippen LogP contribution in [0.4, 0.5) is 26.3 Å². The molecule has 0 fully saturated rings. The lowest BCUT2D eigenvalue weighted by Gasteiger charge is -2.15. The van der Waals surface area contributed by atoms with Crippen molar-refractivity contribution in [3.8, 4) is 0 Å². The molecule has 2 aromatic carbocycles. The third-order valence-corrected chi connectivity index (χ3v) is 4.74. The van der Waals surface area contributed by atoms with Crippen LogP contribution in [0.15, 0.2) is 30.3 Å². The second kappa shape index (κ2) is 6.76. The van der Waals surface area contributed by atoms with E-state index in [0.29, 0.717) is 23.2 Å². The van der Waals surface area contributed by atoms with Gasteiger partial charge in [0.15, 0.2) is 0 Å². The third-order valence-electron chi connectivity index (χ3n) is 3.73. The van der Waals surface area contributed by atoms with Crippen LogP contribution in [0.2, 0.25) is 15.3 Å². The Bertz CT molecular complexity index is 991. The van der Waals surface area contributed by atoms with Crippen LogP contribution in [0, 0.1) is 0 Å². The van der Waals surface area contributed by atoms with E-state index >= 15 is 0 Å². The number of nitrogens with zero attached hydrogens (tertiary/aromatic N) is 2. The lowest BCUT2D eigenvalue weighted by atomic mass is 10.0. The molecule has 1 heterocycles. The van der Waals surface area contributed by atoms with Gasteiger partial charge in [0.2, 0.25) is 5.28 Å². The van der Waals surface area contributed by atoms with Crippen LogP contribution < -0.4 is 0 Å². The Balaban J connectivity index is 2.14. The summed E-state index contributed by atoms with van der Waals surface area (Å²) in [6, 6.07) is 4.11. The van der Waals surface area contributed by atoms with Crippen LogP contribution in [0.1, 0.15) is 16.7 Å². The first kappa shape index (κ1) is 20.1. The number of benzene rings is 2. The number of hydrogen-bond acceptors (Lipinski definition) is 1. The minimum Gasteiger partial charge on any atom is -0.310 e. The molecule has 0 spiro atoms. The molecule has 2 nitrogen and oxygen atoms in total. The number of aromatic nitrogens is 2. The number of rotatable bonds is 2.